The second-order valence-electron chi connectivity index (χ2n) is 3.10. The largest absolute Gasteiger partial charge is 0.438 e. The van der Waals surface area contributed by atoms with Gasteiger partial charge < -0.3 is 4.74 Å². The van der Waals surface area contributed by atoms with E-state index < -0.39 is 11.8 Å². The standard InChI is InChI=1S/C11H5BrClF2NO/c12-6-4-7(13)8(14)5-9(6)17-11-3-1-2-10(15)16-11/h1-5H. The van der Waals surface area contributed by atoms with Gasteiger partial charge in [0, 0.05) is 12.1 Å². The van der Waals surface area contributed by atoms with Gasteiger partial charge in [-0.2, -0.15) is 9.37 Å². The van der Waals surface area contributed by atoms with Crippen LogP contribution in [-0.2, 0) is 0 Å². The summed E-state index contributed by atoms with van der Waals surface area (Å²) < 4.78 is 31.7. The minimum Gasteiger partial charge on any atom is -0.438 e. The Morgan fingerprint density at radius 1 is 1.24 bits per heavy atom. The molecular formula is C11H5BrClF2NO. The van der Waals surface area contributed by atoms with Crippen molar-refractivity contribution in [2.45, 2.75) is 0 Å². The smallest absolute Gasteiger partial charge is 0.221 e. The van der Waals surface area contributed by atoms with Crippen LogP contribution in [0.4, 0.5) is 8.78 Å². The topological polar surface area (TPSA) is 22.1 Å². The summed E-state index contributed by atoms with van der Waals surface area (Å²) in [5.74, 6) is -1.09. The molecule has 0 radical (unpaired) electrons. The molecule has 0 atom stereocenters. The highest BCUT2D eigenvalue weighted by atomic mass is 79.9. The van der Waals surface area contributed by atoms with Gasteiger partial charge in [0.25, 0.3) is 0 Å². The molecule has 0 spiro atoms. The Morgan fingerprint density at radius 3 is 2.71 bits per heavy atom. The second kappa shape index (κ2) is 4.98. The Kier molecular flexibility index (Phi) is 3.59. The van der Waals surface area contributed by atoms with Crippen LogP contribution in [0.2, 0.25) is 5.02 Å². The van der Waals surface area contributed by atoms with Crippen LogP contribution >= 0.6 is 27.5 Å². The van der Waals surface area contributed by atoms with Crippen LogP contribution in [0.3, 0.4) is 0 Å². The van der Waals surface area contributed by atoms with Crippen molar-refractivity contribution in [1.29, 1.82) is 0 Å². The molecule has 0 aliphatic heterocycles. The van der Waals surface area contributed by atoms with Crippen molar-refractivity contribution < 1.29 is 13.5 Å². The highest BCUT2D eigenvalue weighted by Crippen LogP contribution is 2.33. The van der Waals surface area contributed by atoms with E-state index in [0.717, 1.165) is 6.07 Å². The van der Waals surface area contributed by atoms with E-state index >= 15 is 0 Å². The zero-order valence-electron chi connectivity index (χ0n) is 8.25. The SMILES string of the molecule is Fc1cccc(Oc2cc(F)c(Cl)cc2Br)n1. The molecule has 2 rings (SSSR count). The molecule has 0 aliphatic rings. The van der Waals surface area contributed by atoms with Gasteiger partial charge >= 0.3 is 0 Å². The van der Waals surface area contributed by atoms with E-state index in [1.807, 2.05) is 0 Å². The van der Waals surface area contributed by atoms with Gasteiger partial charge in [0.2, 0.25) is 11.8 Å². The second-order valence-corrected chi connectivity index (χ2v) is 4.36. The van der Waals surface area contributed by atoms with Crippen molar-refractivity contribution >= 4 is 27.5 Å². The van der Waals surface area contributed by atoms with Gasteiger partial charge in [-0.3, -0.25) is 0 Å². The first-order valence-electron chi connectivity index (χ1n) is 4.51. The molecule has 1 heterocycles. The van der Waals surface area contributed by atoms with E-state index in [2.05, 4.69) is 20.9 Å². The fourth-order valence-corrected chi connectivity index (χ4v) is 1.86. The van der Waals surface area contributed by atoms with Crippen molar-refractivity contribution in [3.63, 3.8) is 0 Å². The number of aromatic nitrogens is 1. The molecule has 0 unspecified atom stereocenters. The molecule has 0 saturated carbocycles. The third-order valence-corrected chi connectivity index (χ3v) is 2.79. The van der Waals surface area contributed by atoms with Crippen LogP contribution in [0.15, 0.2) is 34.8 Å². The minimum absolute atomic E-state index is 0.0311. The van der Waals surface area contributed by atoms with Gasteiger partial charge in [-0.1, -0.05) is 17.7 Å². The molecule has 0 fully saturated rings. The molecule has 0 amide bonds. The quantitative estimate of drug-likeness (QED) is 0.597. The van der Waals surface area contributed by atoms with E-state index in [-0.39, 0.29) is 16.7 Å². The molecular weight excluding hydrogens is 315 g/mol. The van der Waals surface area contributed by atoms with Gasteiger partial charge in [-0.15, -0.1) is 0 Å². The van der Waals surface area contributed by atoms with Gasteiger partial charge in [-0.25, -0.2) is 4.39 Å². The van der Waals surface area contributed by atoms with E-state index in [4.69, 9.17) is 16.3 Å². The lowest BCUT2D eigenvalue weighted by Gasteiger charge is -2.07. The van der Waals surface area contributed by atoms with Crippen LogP contribution in [0.5, 0.6) is 11.6 Å². The summed E-state index contributed by atoms with van der Waals surface area (Å²) in [6.07, 6.45) is 0. The number of benzene rings is 1. The Balaban J connectivity index is 2.33. The number of ether oxygens (including phenoxy) is 1. The molecule has 0 bridgehead atoms. The number of halogens is 4. The van der Waals surface area contributed by atoms with Gasteiger partial charge in [0.1, 0.15) is 11.6 Å². The third kappa shape index (κ3) is 2.92. The van der Waals surface area contributed by atoms with E-state index in [1.165, 1.54) is 24.3 Å². The molecule has 0 N–H and O–H groups in total. The van der Waals surface area contributed by atoms with Gasteiger partial charge in [0.15, 0.2) is 0 Å². The number of hydrogen-bond donors (Lipinski definition) is 0. The summed E-state index contributed by atoms with van der Waals surface area (Å²) >= 11 is 8.74. The van der Waals surface area contributed by atoms with Crippen LogP contribution in [-0.4, -0.2) is 4.98 Å². The lowest BCUT2D eigenvalue weighted by Crippen LogP contribution is -1.92. The average molecular weight is 321 g/mol. The first-order valence-corrected chi connectivity index (χ1v) is 5.68. The van der Waals surface area contributed by atoms with E-state index in [1.54, 1.807) is 0 Å². The maximum atomic E-state index is 13.2. The summed E-state index contributed by atoms with van der Waals surface area (Å²) in [6.45, 7) is 0. The normalized spacial score (nSPS) is 10.4. The number of pyridine rings is 1. The molecule has 88 valence electrons. The van der Waals surface area contributed by atoms with Crippen LogP contribution < -0.4 is 4.74 Å². The monoisotopic (exact) mass is 319 g/mol. The Bertz CT molecular complexity index is 565. The lowest BCUT2D eigenvalue weighted by molar-refractivity contribution is 0.439. The Hall–Kier alpha value is -1.20. The molecule has 0 saturated heterocycles. The predicted molar refractivity (Wildman–Crippen MR) is 63.4 cm³/mol. The van der Waals surface area contributed by atoms with E-state index in [0.29, 0.717) is 4.47 Å². The van der Waals surface area contributed by atoms with Crippen LogP contribution in [0, 0.1) is 11.8 Å². The average Bonchev–Trinajstić information content (AvgIpc) is 2.26. The van der Waals surface area contributed by atoms with Gasteiger partial charge in [-0.05, 0) is 28.1 Å². The fraction of sp³-hybridized carbons (Fsp3) is 0. The van der Waals surface area contributed by atoms with Crippen LogP contribution in [0.1, 0.15) is 0 Å². The Morgan fingerprint density at radius 2 is 2.00 bits per heavy atom. The maximum absolute atomic E-state index is 13.2. The number of nitrogens with zero attached hydrogens (tertiary/aromatic N) is 1. The maximum Gasteiger partial charge on any atom is 0.221 e. The third-order valence-electron chi connectivity index (χ3n) is 1.88. The summed E-state index contributed by atoms with van der Waals surface area (Å²) in [4.78, 5) is 3.50. The highest BCUT2D eigenvalue weighted by molar-refractivity contribution is 9.10. The predicted octanol–water partition coefficient (Wildman–Crippen LogP) is 4.57. The molecule has 6 heteroatoms. The van der Waals surface area contributed by atoms with Crippen molar-refractivity contribution in [2.75, 3.05) is 0 Å². The number of hydrogen-bond acceptors (Lipinski definition) is 2. The Labute approximate surface area is 109 Å². The van der Waals surface area contributed by atoms with Crippen molar-refractivity contribution in [2.24, 2.45) is 0 Å². The van der Waals surface area contributed by atoms with Gasteiger partial charge in [0.05, 0.1) is 9.50 Å². The summed E-state index contributed by atoms with van der Waals surface area (Å²) in [6, 6.07) is 6.54. The number of rotatable bonds is 2. The molecule has 2 aromatic rings. The van der Waals surface area contributed by atoms with E-state index in [9.17, 15) is 8.78 Å². The molecule has 2 nitrogen and oxygen atoms in total. The first kappa shape index (κ1) is 12.3. The highest BCUT2D eigenvalue weighted by Gasteiger charge is 2.09. The van der Waals surface area contributed by atoms with Crippen LogP contribution in [0.25, 0.3) is 0 Å². The van der Waals surface area contributed by atoms with Crippen molar-refractivity contribution in [1.82, 2.24) is 4.98 Å². The molecule has 0 aliphatic carbocycles. The summed E-state index contributed by atoms with van der Waals surface area (Å²) in [5.41, 5.74) is 0. The molecule has 17 heavy (non-hydrogen) atoms. The molecule has 1 aromatic heterocycles. The lowest BCUT2D eigenvalue weighted by atomic mass is 10.3. The summed E-state index contributed by atoms with van der Waals surface area (Å²) in [7, 11) is 0. The zero-order chi connectivity index (χ0) is 12.4. The minimum atomic E-state index is -0.673. The van der Waals surface area contributed by atoms with Crippen molar-refractivity contribution in [3.8, 4) is 11.6 Å². The van der Waals surface area contributed by atoms with Crippen molar-refractivity contribution in [3.05, 3.63) is 51.6 Å². The fourth-order valence-electron chi connectivity index (χ4n) is 1.14. The first-order chi connectivity index (χ1) is 8.06. The zero-order valence-corrected chi connectivity index (χ0v) is 10.6. The summed E-state index contributed by atoms with van der Waals surface area (Å²) in [5, 5.41) is -0.0311. The molecule has 1 aromatic carbocycles.